The van der Waals surface area contributed by atoms with Crippen molar-refractivity contribution in [3.8, 4) is 5.75 Å². The van der Waals surface area contributed by atoms with Crippen molar-refractivity contribution in [2.24, 2.45) is 5.10 Å². The van der Waals surface area contributed by atoms with E-state index < -0.39 is 0 Å². The number of ether oxygens (including phenoxy) is 1. The molecule has 1 saturated heterocycles. The molecule has 1 N–H and O–H groups in total. The molecule has 1 fully saturated rings. The molecule has 1 amide bonds. The number of carbonyl (C=O) groups excluding carboxylic acids is 1. The lowest BCUT2D eigenvalue weighted by molar-refractivity contribution is 0.0955. The summed E-state index contributed by atoms with van der Waals surface area (Å²) in [6.45, 7) is 2.26. The van der Waals surface area contributed by atoms with Crippen LogP contribution in [0, 0.1) is 0 Å². The molecule has 0 spiro atoms. The summed E-state index contributed by atoms with van der Waals surface area (Å²) in [6, 6.07) is 11.1. The van der Waals surface area contributed by atoms with E-state index in [1.807, 2.05) is 6.07 Å². The summed E-state index contributed by atoms with van der Waals surface area (Å²) in [6.07, 6.45) is 5.55. The second kappa shape index (κ2) is 7.97. The Morgan fingerprint density at radius 3 is 2.62 bits per heavy atom. The molecule has 1 aromatic heterocycles. The predicted octanol–water partition coefficient (Wildman–Crippen LogP) is 3.51. The van der Waals surface area contributed by atoms with Crippen molar-refractivity contribution in [2.45, 2.75) is 19.3 Å². The van der Waals surface area contributed by atoms with Crippen LogP contribution in [0.15, 0.2) is 41.5 Å². The first-order chi connectivity index (χ1) is 11.8. The molecule has 5 nitrogen and oxygen atoms in total. The summed E-state index contributed by atoms with van der Waals surface area (Å²) >= 11 is 1.70. The van der Waals surface area contributed by atoms with E-state index in [1.54, 1.807) is 48.9 Å². The topological polar surface area (TPSA) is 53.9 Å². The quantitative estimate of drug-likeness (QED) is 0.668. The Morgan fingerprint density at radius 1 is 1.17 bits per heavy atom. The van der Waals surface area contributed by atoms with Gasteiger partial charge in [0.2, 0.25) is 0 Å². The number of nitrogens with zero attached hydrogens (tertiary/aromatic N) is 2. The Morgan fingerprint density at radius 2 is 1.92 bits per heavy atom. The normalized spacial score (nSPS) is 14.8. The highest BCUT2D eigenvalue weighted by atomic mass is 32.1. The van der Waals surface area contributed by atoms with Crippen LogP contribution in [0.5, 0.6) is 5.75 Å². The Kier molecular flexibility index (Phi) is 5.48. The molecule has 6 heteroatoms. The van der Waals surface area contributed by atoms with E-state index in [1.165, 1.54) is 24.3 Å². The van der Waals surface area contributed by atoms with Gasteiger partial charge in [0.1, 0.15) is 5.75 Å². The van der Waals surface area contributed by atoms with Crippen molar-refractivity contribution in [2.75, 3.05) is 25.1 Å². The largest absolute Gasteiger partial charge is 0.497 e. The molecule has 0 atom stereocenters. The minimum Gasteiger partial charge on any atom is -0.497 e. The SMILES string of the molecule is COc1ccc(C(=O)N/N=C\c2ccc(N3CCCCC3)s2)cc1. The number of methoxy groups -OCH3 is 1. The molecule has 1 aromatic carbocycles. The van der Waals surface area contributed by atoms with Crippen LogP contribution in [0.2, 0.25) is 0 Å². The van der Waals surface area contributed by atoms with Gasteiger partial charge in [-0.05, 0) is 55.7 Å². The van der Waals surface area contributed by atoms with E-state index >= 15 is 0 Å². The smallest absolute Gasteiger partial charge is 0.271 e. The molecule has 0 unspecified atom stereocenters. The van der Waals surface area contributed by atoms with Crippen LogP contribution < -0.4 is 15.1 Å². The fourth-order valence-corrected chi connectivity index (χ4v) is 3.59. The van der Waals surface area contributed by atoms with Gasteiger partial charge in [-0.2, -0.15) is 5.10 Å². The number of nitrogens with one attached hydrogen (secondary N) is 1. The van der Waals surface area contributed by atoms with Gasteiger partial charge in [-0.15, -0.1) is 11.3 Å². The van der Waals surface area contributed by atoms with Crippen LogP contribution in [0.3, 0.4) is 0 Å². The van der Waals surface area contributed by atoms with E-state index in [4.69, 9.17) is 4.74 Å². The predicted molar refractivity (Wildman–Crippen MR) is 98.4 cm³/mol. The summed E-state index contributed by atoms with van der Waals surface area (Å²) in [5.74, 6) is 0.487. The number of carbonyl (C=O) groups is 1. The van der Waals surface area contributed by atoms with Gasteiger partial charge < -0.3 is 9.64 Å². The van der Waals surface area contributed by atoms with Crippen LogP contribution >= 0.6 is 11.3 Å². The van der Waals surface area contributed by atoms with Crippen molar-refractivity contribution in [1.29, 1.82) is 0 Å². The molecule has 2 aromatic rings. The van der Waals surface area contributed by atoms with Crippen molar-refractivity contribution in [3.63, 3.8) is 0 Å². The summed E-state index contributed by atoms with van der Waals surface area (Å²) in [4.78, 5) is 15.5. The van der Waals surface area contributed by atoms with Crippen LogP contribution in [-0.2, 0) is 0 Å². The number of hydrogen-bond donors (Lipinski definition) is 1. The molecule has 1 aliphatic heterocycles. The molecule has 1 aliphatic rings. The van der Waals surface area contributed by atoms with Gasteiger partial charge in [-0.25, -0.2) is 5.43 Å². The minimum atomic E-state index is -0.235. The molecule has 2 heterocycles. The highest BCUT2D eigenvalue weighted by Crippen LogP contribution is 2.27. The molecule has 126 valence electrons. The Labute approximate surface area is 145 Å². The molecule has 0 radical (unpaired) electrons. The van der Waals surface area contributed by atoms with Crippen molar-refractivity contribution in [1.82, 2.24) is 5.43 Å². The van der Waals surface area contributed by atoms with Gasteiger partial charge in [0.25, 0.3) is 5.91 Å². The van der Waals surface area contributed by atoms with Gasteiger partial charge >= 0.3 is 0 Å². The third-order valence-corrected chi connectivity index (χ3v) is 5.07. The fraction of sp³-hybridized carbons (Fsp3) is 0.333. The lowest BCUT2D eigenvalue weighted by Gasteiger charge is -2.27. The van der Waals surface area contributed by atoms with E-state index in [-0.39, 0.29) is 5.91 Å². The third-order valence-electron chi connectivity index (χ3n) is 3.99. The summed E-state index contributed by atoms with van der Waals surface area (Å²) in [7, 11) is 1.60. The van der Waals surface area contributed by atoms with Gasteiger partial charge in [0.05, 0.1) is 18.3 Å². The number of rotatable bonds is 5. The van der Waals surface area contributed by atoms with Crippen molar-refractivity contribution < 1.29 is 9.53 Å². The number of benzene rings is 1. The van der Waals surface area contributed by atoms with Gasteiger partial charge in [-0.3, -0.25) is 4.79 Å². The first-order valence-electron chi connectivity index (χ1n) is 8.08. The van der Waals surface area contributed by atoms with Crippen LogP contribution in [-0.4, -0.2) is 32.3 Å². The van der Waals surface area contributed by atoms with Gasteiger partial charge in [-0.1, -0.05) is 0 Å². The second-order valence-electron chi connectivity index (χ2n) is 5.65. The molecule has 0 bridgehead atoms. The first-order valence-corrected chi connectivity index (χ1v) is 8.90. The van der Waals surface area contributed by atoms with Crippen molar-refractivity contribution in [3.05, 3.63) is 46.8 Å². The van der Waals surface area contributed by atoms with E-state index in [2.05, 4.69) is 21.5 Å². The first kappa shape index (κ1) is 16.5. The van der Waals surface area contributed by atoms with Crippen LogP contribution in [0.1, 0.15) is 34.5 Å². The second-order valence-corrected chi connectivity index (χ2v) is 6.75. The molecule has 24 heavy (non-hydrogen) atoms. The van der Waals surface area contributed by atoms with E-state index in [0.29, 0.717) is 5.56 Å². The Bertz CT molecular complexity index is 703. The molecular formula is C18H21N3O2S. The number of hydrogen-bond acceptors (Lipinski definition) is 5. The van der Waals surface area contributed by atoms with Crippen LogP contribution in [0.4, 0.5) is 5.00 Å². The maximum absolute atomic E-state index is 12.0. The van der Waals surface area contributed by atoms with E-state index in [9.17, 15) is 4.79 Å². The third kappa shape index (κ3) is 4.14. The lowest BCUT2D eigenvalue weighted by atomic mass is 10.1. The average Bonchev–Trinajstić information content (AvgIpc) is 3.11. The average molecular weight is 343 g/mol. The zero-order valence-electron chi connectivity index (χ0n) is 13.7. The zero-order valence-corrected chi connectivity index (χ0v) is 14.5. The standard InChI is InChI=1S/C18H21N3O2S/c1-23-15-7-5-14(6-8-15)18(22)20-19-13-16-9-10-17(24-16)21-11-3-2-4-12-21/h5-10,13H,2-4,11-12H2,1H3,(H,20,22)/b19-13-. The monoisotopic (exact) mass is 343 g/mol. The number of anilines is 1. The number of hydrazone groups is 1. The Hall–Kier alpha value is -2.34. The van der Waals surface area contributed by atoms with Gasteiger partial charge in [0.15, 0.2) is 0 Å². The highest BCUT2D eigenvalue weighted by molar-refractivity contribution is 7.17. The number of thiophene rings is 1. The van der Waals surface area contributed by atoms with Crippen molar-refractivity contribution >= 4 is 28.5 Å². The maximum Gasteiger partial charge on any atom is 0.271 e. The summed E-state index contributed by atoms with van der Waals surface area (Å²) in [5, 5.41) is 5.33. The molecule has 0 aliphatic carbocycles. The van der Waals surface area contributed by atoms with E-state index in [0.717, 1.165) is 23.7 Å². The van der Waals surface area contributed by atoms with Gasteiger partial charge in [0, 0.05) is 23.5 Å². The summed E-state index contributed by atoms with van der Waals surface area (Å²) < 4.78 is 5.08. The lowest BCUT2D eigenvalue weighted by Crippen LogP contribution is -2.28. The zero-order chi connectivity index (χ0) is 16.8. The minimum absolute atomic E-state index is 0.235. The highest BCUT2D eigenvalue weighted by Gasteiger charge is 2.12. The summed E-state index contributed by atoms with van der Waals surface area (Å²) in [5.41, 5.74) is 3.11. The number of amides is 1. The molecule has 3 rings (SSSR count). The molecular weight excluding hydrogens is 322 g/mol. The number of piperidine rings is 1. The maximum atomic E-state index is 12.0. The molecule has 0 saturated carbocycles. The Balaban J connectivity index is 1.55. The van der Waals surface area contributed by atoms with Crippen LogP contribution in [0.25, 0.3) is 0 Å². The fourth-order valence-electron chi connectivity index (χ4n) is 2.66.